The molecule has 0 heterocycles. The lowest BCUT2D eigenvalue weighted by molar-refractivity contribution is 0.955. The van der Waals surface area contributed by atoms with E-state index in [1.807, 2.05) is 12.1 Å². The molecule has 1 aliphatic rings. The summed E-state index contributed by atoms with van der Waals surface area (Å²) in [6.07, 6.45) is 4.28. The second kappa shape index (κ2) is 3.52. The van der Waals surface area contributed by atoms with Gasteiger partial charge in [-0.15, -0.1) is 0 Å². The highest BCUT2D eigenvalue weighted by Crippen LogP contribution is 2.50. The summed E-state index contributed by atoms with van der Waals surface area (Å²) in [5.74, 6) is 0.317. The second-order valence-electron chi connectivity index (χ2n) is 2.93. The molecule has 0 N–H and O–H groups in total. The van der Waals surface area contributed by atoms with Gasteiger partial charge in [0.2, 0.25) is 0 Å². The van der Waals surface area contributed by atoms with Crippen molar-refractivity contribution in [1.29, 1.82) is 0 Å². The molecule has 0 fully saturated rings. The van der Waals surface area contributed by atoms with Gasteiger partial charge in [0.25, 0.3) is 0 Å². The van der Waals surface area contributed by atoms with E-state index in [0.717, 1.165) is 0 Å². The molecule has 0 amide bonds. The van der Waals surface area contributed by atoms with E-state index in [1.54, 1.807) is 0 Å². The number of allylic oxidation sites excluding steroid dienone is 1. The molecule has 3 heteroatoms. The fourth-order valence-corrected chi connectivity index (χ4v) is 2.67. The Morgan fingerprint density at radius 2 is 2.08 bits per heavy atom. The van der Waals surface area contributed by atoms with Crippen LogP contribution in [0.15, 0.2) is 24.3 Å². The maximum absolute atomic E-state index is 3.55. The van der Waals surface area contributed by atoms with Crippen molar-refractivity contribution in [2.75, 3.05) is 0 Å². The van der Waals surface area contributed by atoms with Gasteiger partial charge in [-0.05, 0) is 23.3 Å². The van der Waals surface area contributed by atoms with Crippen molar-refractivity contribution in [2.24, 2.45) is 0 Å². The van der Waals surface area contributed by atoms with E-state index in [4.69, 9.17) is 0 Å². The molecule has 2 rings (SSSR count). The van der Waals surface area contributed by atoms with Crippen LogP contribution >= 0.6 is 47.8 Å². The summed E-state index contributed by atoms with van der Waals surface area (Å²) in [7, 11) is 0. The summed E-state index contributed by atoms with van der Waals surface area (Å²) in [5.41, 5.74) is 2.56. The fraction of sp³-hybridized carbons (Fsp3) is 0.200. The van der Waals surface area contributed by atoms with Gasteiger partial charge in [0.05, 0.1) is 0 Å². The molecular formula is C10H6Br3. The Kier molecular flexibility index (Phi) is 2.69. The number of benzene rings is 1. The number of halogens is 3. The molecule has 1 aromatic rings. The summed E-state index contributed by atoms with van der Waals surface area (Å²) >= 11 is 10.6. The topological polar surface area (TPSA) is 0 Å². The number of alkyl halides is 3. The first-order valence-electron chi connectivity index (χ1n) is 3.84. The van der Waals surface area contributed by atoms with E-state index in [1.165, 1.54) is 11.1 Å². The summed E-state index contributed by atoms with van der Waals surface area (Å²) in [6, 6.07) is 9.11. The number of hydrogen-bond acceptors (Lipinski definition) is 0. The van der Waals surface area contributed by atoms with Gasteiger partial charge in [0, 0.05) is 5.92 Å². The molecule has 0 saturated carbocycles. The summed E-state index contributed by atoms with van der Waals surface area (Å²) in [6.45, 7) is 0. The molecule has 0 saturated heterocycles. The summed E-state index contributed by atoms with van der Waals surface area (Å²) < 4.78 is -0.240. The van der Waals surface area contributed by atoms with Crippen LogP contribution in [0.5, 0.6) is 0 Å². The van der Waals surface area contributed by atoms with Crippen LogP contribution in [0.2, 0.25) is 0 Å². The van der Waals surface area contributed by atoms with Gasteiger partial charge in [0.1, 0.15) is 2.14 Å². The molecule has 1 aliphatic carbocycles. The van der Waals surface area contributed by atoms with Crippen LogP contribution in [-0.4, -0.2) is 2.14 Å². The van der Waals surface area contributed by atoms with Crippen LogP contribution in [-0.2, 0) is 0 Å². The first kappa shape index (κ1) is 9.94. The molecule has 0 aliphatic heterocycles. The van der Waals surface area contributed by atoms with E-state index >= 15 is 0 Å². The van der Waals surface area contributed by atoms with Crippen molar-refractivity contribution in [3.63, 3.8) is 0 Å². The first-order chi connectivity index (χ1) is 6.09. The highest BCUT2D eigenvalue weighted by molar-refractivity contribution is 9.39. The Morgan fingerprint density at radius 1 is 1.31 bits per heavy atom. The average molecular weight is 366 g/mol. The van der Waals surface area contributed by atoms with Crippen molar-refractivity contribution < 1.29 is 0 Å². The molecule has 1 radical (unpaired) electrons. The predicted octanol–water partition coefficient (Wildman–Crippen LogP) is 4.44. The van der Waals surface area contributed by atoms with Crippen molar-refractivity contribution in [2.45, 2.75) is 8.06 Å². The normalized spacial score (nSPS) is 20.4. The van der Waals surface area contributed by atoms with E-state index in [9.17, 15) is 0 Å². The van der Waals surface area contributed by atoms with Crippen LogP contribution in [0.1, 0.15) is 17.0 Å². The first-order valence-corrected chi connectivity index (χ1v) is 6.22. The maximum Gasteiger partial charge on any atom is 0.145 e. The Morgan fingerprint density at radius 3 is 2.77 bits per heavy atom. The Balaban J connectivity index is 2.45. The van der Waals surface area contributed by atoms with Gasteiger partial charge in [-0.1, -0.05) is 72.1 Å². The quantitative estimate of drug-likeness (QED) is 0.596. The zero-order valence-corrected chi connectivity index (χ0v) is 11.4. The van der Waals surface area contributed by atoms with Crippen LogP contribution < -0.4 is 0 Å². The van der Waals surface area contributed by atoms with Gasteiger partial charge in [0.15, 0.2) is 0 Å². The van der Waals surface area contributed by atoms with Crippen LogP contribution in [0.4, 0.5) is 0 Å². The minimum absolute atomic E-state index is 0.240. The van der Waals surface area contributed by atoms with Gasteiger partial charge >= 0.3 is 0 Å². The lowest BCUT2D eigenvalue weighted by Gasteiger charge is -2.20. The molecule has 0 bridgehead atoms. The minimum Gasteiger partial charge on any atom is -0.0733 e. The van der Waals surface area contributed by atoms with E-state index in [0.29, 0.717) is 5.92 Å². The molecular weight excluding hydrogens is 360 g/mol. The smallest absolute Gasteiger partial charge is 0.0733 e. The third-order valence-electron chi connectivity index (χ3n) is 2.09. The van der Waals surface area contributed by atoms with E-state index in [2.05, 4.69) is 72.1 Å². The predicted molar refractivity (Wildman–Crippen MR) is 66.6 cm³/mol. The largest absolute Gasteiger partial charge is 0.145 e. The van der Waals surface area contributed by atoms with Crippen LogP contribution in [0, 0.1) is 6.07 Å². The SMILES string of the molecule is BrC(Br)(Br)C1C=Cc2c[c]ccc21. The van der Waals surface area contributed by atoms with Crippen molar-refractivity contribution in [3.05, 3.63) is 41.5 Å². The monoisotopic (exact) mass is 363 g/mol. The molecule has 1 atom stereocenters. The number of rotatable bonds is 0. The fourth-order valence-electron chi connectivity index (χ4n) is 1.47. The van der Waals surface area contributed by atoms with E-state index in [-0.39, 0.29) is 2.14 Å². The number of hydrogen-bond donors (Lipinski definition) is 0. The highest BCUT2D eigenvalue weighted by atomic mass is 80.0. The van der Waals surface area contributed by atoms with Crippen LogP contribution in [0.3, 0.4) is 0 Å². The van der Waals surface area contributed by atoms with Gasteiger partial charge < -0.3 is 0 Å². The zero-order chi connectivity index (χ0) is 9.47. The molecule has 67 valence electrons. The lowest BCUT2D eigenvalue weighted by atomic mass is 10.0. The third kappa shape index (κ3) is 1.92. The molecule has 1 unspecified atom stereocenters. The molecule has 0 aromatic heterocycles. The van der Waals surface area contributed by atoms with Crippen molar-refractivity contribution in [1.82, 2.24) is 0 Å². The molecule has 1 aromatic carbocycles. The lowest BCUT2D eigenvalue weighted by Crippen LogP contribution is -2.11. The van der Waals surface area contributed by atoms with Crippen molar-refractivity contribution in [3.8, 4) is 0 Å². The van der Waals surface area contributed by atoms with Gasteiger partial charge in [-0.25, -0.2) is 0 Å². The maximum atomic E-state index is 3.55. The van der Waals surface area contributed by atoms with Crippen LogP contribution in [0.25, 0.3) is 6.08 Å². The zero-order valence-electron chi connectivity index (χ0n) is 6.60. The summed E-state index contributed by atoms with van der Waals surface area (Å²) in [4.78, 5) is 0. The van der Waals surface area contributed by atoms with Crippen molar-refractivity contribution >= 4 is 53.9 Å². The molecule has 13 heavy (non-hydrogen) atoms. The second-order valence-corrected chi connectivity index (χ2v) is 9.88. The highest BCUT2D eigenvalue weighted by Gasteiger charge is 2.33. The Hall–Kier alpha value is 0.400. The summed E-state index contributed by atoms with van der Waals surface area (Å²) in [5, 5.41) is 0. The number of fused-ring (bicyclic) bond motifs is 1. The van der Waals surface area contributed by atoms with E-state index < -0.39 is 0 Å². The molecule has 0 spiro atoms. The van der Waals surface area contributed by atoms with Gasteiger partial charge in [-0.3, -0.25) is 0 Å². The third-order valence-corrected chi connectivity index (χ3v) is 3.57. The molecule has 0 nitrogen and oxygen atoms in total. The Bertz CT molecular complexity index is 349. The van der Waals surface area contributed by atoms with Gasteiger partial charge in [-0.2, -0.15) is 0 Å². The Labute approximate surface area is 103 Å². The standard InChI is InChI=1S/C10H6Br3/c11-10(12,13)9-6-5-7-3-1-2-4-8(7)9/h2-6,9H. The minimum atomic E-state index is -0.240. The average Bonchev–Trinajstić information content (AvgIpc) is 2.45.